The van der Waals surface area contributed by atoms with Crippen molar-refractivity contribution < 1.29 is 33.7 Å². The fraction of sp³-hybridized carbons (Fsp3) is 0.259. The Bertz CT molecular complexity index is 1460. The molecule has 5 rings (SSSR count). The van der Waals surface area contributed by atoms with Gasteiger partial charge in [-0.3, -0.25) is 14.5 Å². The maximum absolute atomic E-state index is 13.4. The molecule has 2 unspecified atom stereocenters. The van der Waals surface area contributed by atoms with Crippen LogP contribution in [0.1, 0.15) is 45.0 Å². The van der Waals surface area contributed by atoms with Gasteiger partial charge in [-0.25, -0.2) is 9.78 Å². The molecule has 2 aromatic carbocycles. The molecule has 9 nitrogen and oxygen atoms in total. The van der Waals surface area contributed by atoms with Crippen molar-refractivity contribution in [2.24, 2.45) is 0 Å². The molecule has 1 aromatic heterocycles. The van der Waals surface area contributed by atoms with E-state index in [1.807, 2.05) is 6.92 Å². The summed E-state index contributed by atoms with van der Waals surface area (Å²) in [5.41, 5.74) is 2.17. The Morgan fingerprint density at radius 3 is 2.57 bits per heavy atom. The van der Waals surface area contributed by atoms with Gasteiger partial charge in [0.15, 0.2) is 5.13 Å². The fourth-order valence-electron chi connectivity index (χ4n) is 4.62. The molecule has 0 aliphatic carbocycles. The van der Waals surface area contributed by atoms with E-state index in [1.54, 1.807) is 49.4 Å². The zero-order valence-electron chi connectivity index (χ0n) is 20.6. The van der Waals surface area contributed by atoms with E-state index in [4.69, 9.17) is 14.2 Å². The summed E-state index contributed by atoms with van der Waals surface area (Å²) < 4.78 is 15.8. The number of anilines is 1. The third kappa shape index (κ3) is 4.13. The van der Waals surface area contributed by atoms with Crippen LogP contribution in [0, 0.1) is 6.92 Å². The molecule has 0 bridgehead atoms. The van der Waals surface area contributed by atoms with Crippen molar-refractivity contribution in [3.8, 4) is 11.5 Å². The van der Waals surface area contributed by atoms with Crippen molar-refractivity contribution in [1.29, 1.82) is 0 Å². The number of esters is 1. The molecule has 1 amide bonds. The number of benzene rings is 2. The van der Waals surface area contributed by atoms with E-state index in [0.29, 0.717) is 29.0 Å². The molecule has 2 atom stereocenters. The third-order valence-electron chi connectivity index (χ3n) is 6.41. The Kier molecular flexibility index (Phi) is 6.20. The summed E-state index contributed by atoms with van der Waals surface area (Å²) in [6.45, 7) is 3.58. The summed E-state index contributed by atoms with van der Waals surface area (Å²) in [5, 5.41) is 11.6. The number of aliphatic hydroxyl groups is 1. The number of aliphatic hydroxyl groups excluding tert-OH is 1. The number of ketones is 1. The first-order chi connectivity index (χ1) is 17.7. The van der Waals surface area contributed by atoms with Crippen LogP contribution in [0.4, 0.5) is 5.13 Å². The van der Waals surface area contributed by atoms with Gasteiger partial charge in [0, 0.05) is 12.0 Å². The second-order valence-corrected chi connectivity index (χ2v) is 9.78. The van der Waals surface area contributed by atoms with Crippen LogP contribution in [0.15, 0.2) is 48.0 Å². The van der Waals surface area contributed by atoms with Crippen molar-refractivity contribution in [3.63, 3.8) is 0 Å². The smallest absolute Gasteiger partial charge is 0.350 e. The van der Waals surface area contributed by atoms with E-state index < -0.39 is 23.7 Å². The Morgan fingerprint density at radius 1 is 1.16 bits per heavy atom. The molecule has 3 aromatic rings. The van der Waals surface area contributed by atoms with E-state index in [-0.39, 0.29) is 27.4 Å². The lowest BCUT2D eigenvalue weighted by Gasteiger charge is -2.23. The minimum Gasteiger partial charge on any atom is -0.507 e. The van der Waals surface area contributed by atoms with Crippen LogP contribution >= 0.6 is 11.3 Å². The number of methoxy groups -OCH3 is 2. The van der Waals surface area contributed by atoms with Crippen molar-refractivity contribution in [2.75, 3.05) is 19.1 Å². The first kappa shape index (κ1) is 24.5. The normalized spacial score (nSPS) is 20.1. The zero-order valence-corrected chi connectivity index (χ0v) is 21.4. The van der Waals surface area contributed by atoms with Gasteiger partial charge >= 0.3 is 11.9 Å². The monoisotopic (exact) mass is 520 g/mol. The topological polar surface area (TPSA) is 115 Å². The number of aryl methyl sites for hydroxylation is 1. The highest BCUT2D eigenvalue weighted by Gasteiger charge is 2.48. The number of amides is 1. The summed E-state index contributed by atoms with van der Waals surface area (Å²) >= 11 is 0.949. The van der Waals surface area contributed by atoms with Crippen LogP contribution < -0.4 is 14.4 Å². The van der Waals surface area contributed by atoms with Crippen molar-refractivity contribution in [3.05, 3.63) is 75.3 Å². The van der Waals surface area contributed by atoms with E-state index in [1.165, 1.54) is 19.1 Å². The number of carbonyl (C=O) groups excluding carboxylic acids is 3. The lowest BCUT2D eigenvalue weighted by Crippen LogP contribution is -2.29. The predicted octanol–water partition coefficient (Wildman–Crippen LogP) is 4.20. The van der Waals surface area contributed by atoms with Crippen LogP contribution in [0.2, 0.25) is 0 Å². The molecule has 190 valence electrons. The van der Waals surface area contributed by atoms with Gasteiger partial charge in [-0.2, -0.15) is 0 Å². The highest BCUT2D eigenvalue weighted by molar-refractivity contribution is 7.17. The molecular formula is C27H24N2O7S. The van der Waals surface area contributed by atoms with Crippen LogP contribution in [0.25, 0.3) is 5.76 Å². The number of ether oxygens (including phenoxy) is 3. The van der Waals surface area contributed by atoms with Gasteiger partial charge in [0.05, 0.1) is 31.5 Å². The summed E-state index contributed by atoms with van der Waals surface area (Å²) in [6.07, 6.45) is 0.677. The Hall–Kier alpha value is -4.18. The average molecular weight is 521 g/mol. The van der Waals surface area contributed by atoms with E-state index in [9.17, 15) is 19.5 Å². The van der Waals surface area contributed by atoms with Crippen LogP contribution in [-0.2, 0) is 20.7 Å². The molecular weight excluding hydrogens is 496 g/mol. The van der Waals surface area contributed by atoms with Crippen molar-refractivity contribution in [2.45, 2.75) is 32.4 Å². The maximum Gasteiger partial charge on any atom is 0.350 e. The Labute approximate surface area is 216 Å². The van der Waals surface area contributed by atoms with Gasteiger partial charge < -0.3 is 19.3 Å². The number of nitrogens with zero attached hydrogens (tertiary/aromatic N) is 2. The van der Waals surface area contributed by atoms with Gasteiger partial charge in [-0.15, -0.1) is 0 Å². The lowest BCUT2D eigenvalue weighted by atomic mass is 9.94. The lowest BCUT2D eigenvalue weighted by molar-refractivity contribution is -0.132. The minimum atomic E-state index is -0.981. The summed E-state index contributed by atoms with van der Waals surface area (Å²) in [6, 6.07) is 11.0. The van der Waals surface area contributed by atoms with Gasteiger partial charge in [-0.05, 0) is 55.3 Å². The number of thiazole rings is 1. The molecule has 2 aliphatic rings. The van der Waals surface area contributed by atoms with Crippen LogP contribution in [-0.4, -0.2) is 48.1 Å². The first-order valence-corrected chi connectivity index (χ1v) is 12.4. The molecule has 10 heteroatoms. The summed E-state index contributed by atoms with van der Waals surface area (Å²) in [4.78, 5) is 44.8. The molecule has 1 fully saturated rings. The minimum absolute atomic E-state index is 0.00873. The Balaban J connectivity index is 1.68. The number of carbonyl (C=O) groups is 3. The highest BCUT2D eigenvalue weighted by Crippen LogP contribution is 2.44. The molecule has 3 heterocycles. The van der Waals surface area contributed by atoms with Gasteiger partial charge in [0.25, 0.3) is 5.78 Å². The van der Waals surface area contributed by atoms with Crippen molar-refractivity contribution in [1.82, 2.24) is 4.98 Å². The summed E-state index contributed by atoms with van der Waals surface area (Å²) in [5.74, 6) is -1.28. The average Bonchev–Trinajstić information content (AvgIpc) is 3.55. The molecule has 2 aliphatic heterocycles. The number of rotatable bonds is 5. The van der Waals surface area contributed by atoms with Crippen molar-refractivity contribution >= 4 is 39.9 Å². The summed E-state index contributed by atoms with van der Waals surface area (Å²) in [7, 11) is 2.79. The number of fused-ring (bicyclic) bond motifs is 1. The van der Waals surface area contributed by atoms with E-state index in [2.05, 4.69) is 4.98 Å². The molecule has 0 radical (unpaired) electrons. The highest BCUT2D eigenvalue weighted by atomic mass is 32.1. The molecule has 1 saturated heterocycles. The molecule has 0 spiro atoms. The Morgan fingerprint density at radius 2 is 1.89 bits per heavy atom. The SMILES string of the molecule is COC(=O)c1sc(N2C(=O)C(=O)/C(=C(/O)c3ccc4c(c3)CC(C)O4)C2c2ccc(OC)cc2)nc1C. The molecule has 1 N–H and O–H groups in total. The standard InChI is InChI=1S/C27H24N2O7S/c1-13-11-17-12-16(7-10-19(17)36-13)22(30)20-21(15-5-8-18(34-3)9-6-15)29(25(32)23(20)31)27-28-14(2)24(37-27)26(33)35-4/h5-10,12-13,21,30H,11H2,1-4H3/b22-20+. The molecule has 37 heavy (non-hydrogen) atoms. The largest absolute Gasteiger partial charge is 0.507 e. The van der Waals surface area contributed by atoms with E-state index >= 15 is 0 Å². The predicted molar refractivity (Wildman–Crippen MR) is 136 cm³/mol. The van der Waals surface area contributed by atoms with Crippen LogP contribution in [0.3, 0.4) is 0 Å². The third-order valence-corrected chi connectivity index (χ3v) is 7.54. The second-order valence-electron chi connectivity index (χ2n) is 8.80. The van der Waals surface area contributed by atoms with Crippen LogP contribution in [0.5, 0.6) is 11.5 Å². The fourth-order valence-corrected chi connectivity index (χ4v) is 5.64. The van der Waals surface area contributed by atoms with Gasteiger partial charge in [0.1, 0.15) is 28.2 Å². The van der Waals surface area contributed by atoms with Gasteiger partial charge in [0.2, 0.25) is 0 Å². The van der Waals surface area contributed by atoms with E-state index in [0.717, 1.165) is 22.6 Å². The second kappa shape index (κ2) is 9.36. The number of hydrogen-bond acceptors (Lipinski definition) is 9. The molecule has 0 saturated carbocycles. The first-order valence-electron chi connectivity index (χ1n) is 11.5. The number of Topliss-reactive ketones (excluding diaryl/α,β-unsaturated/α-hetero) is 1. The maximum atomic E-state index is 13.4. The number of hydrogen-bond donors (Lipinski definition) is 1. The van der Waals surface area contributed by atoms with Gasteiger partial charge in [-0.1, -0.05) is 23.5 Å². The zero-order chi connectivity index (χ0) is 26.4. The number of aromatic nitrogens is 1. The quantitative estimate of drug-likeness (QED) is 0.230.